The second kappa shape index (κ2) is 7.30. The summed E-state index contributed by atoms with van der Waals surface area (Å²) in [6.07, 6.45) is 1.07. The van der Waals surface area contributed by atoms with Crippen LogP contribution in [0.2, 0.25) is 0 Å². The van der Waals surface area contributed by atoms with Crippen LogP contribution in [-0.4, -0.2) is 17.2 Å². The first-order valence-corrected chi connectivity index (χ1v) is 7.28. The molecule has 3 nitrogen and oxygen atoms in total. The molecule has 0 saturated heterocycles. The van der Waals surface area contributed by atoms with Crippen molar-refractivity contribution in [1.82, 2.24) is 0 Å². The fourth-order valence-corrected chi connectivity index (χ4v) is 2.19. The highest BCUT2D eigenvalue weighted by Gasteiger charge is 2.11. The van der Waals surface area contributed by atoms with Gasteiger partial charge in [0.05, 0.1) is 0 Å². The third kappa shape index (κ3) is 4.10. The Kier molecular flexibility index (Phi) is 5.42. The van der Waals surface area contributed by atoms with Gasteiger partial charge in [-0.25, -0.2) is 0 Å². The topological polar surface area (TPSA) is 49.7 Å². The zero-order chi connectivity index (χ0) is 15.2. The van der Waals surface area contributed by atoms with Gasteiger partial charge in [0.1, 0.15) is 12.4 Å². The van der Waals surface area contributed by atoms with Crippen LogP contribution in [0.5, 0.6) is 5.75 Å². The van der Waals surface area contributed by atoms with Crippen LogP contribution in [0.15, 0.2) is 48.5 Å². The van der Waals surface area contributed by atoms with Crippen molar-refractivity contribution in [1.29, 1.82) is 0 Å². The van der Waals surface area contributed by atoms with E-state index in [4.69, 9.17) is 14.8 Å². The van der Waals surface area contributed by atoms with E-state index in [0.717, 1.165) is 17.7 Å². The highest BCUT2D eigenvalue weighted by atomic mass is 16.5. The van der Waals surface area contributed by atoms with Gasteiger partial charge in [0.25, 0.3) is 0 Å². The molecule has 2 aromatic carbocycles. The fraction of sp³-hybridized carbons (Fsp3) is 0.294. The number of hydrogen-bond donors (Lipinski definition) is 2. The minimum atomic E-state index is -1.42. The van der Waals surface area contributed by atoms with Gasteiger partial charge >= 0.3 is 7.12 Å². The van der Waals surface area contributed by atoms with Gasteiger partial charge in [-0.15, -0.1) is 0 Å². The average molecular weight is 284 g/mol. The lowest BCUT2D eigenvalue weighted by atomic mass is 9.80. The molecule has 1 atom stereocenters. The first-order chi connectivity index (χ1) is 10.1. The van der Waals surface area contributed by atoms with Crippen molar-refractivity contribution in [2.75, 3.05) is 0 Å². The lowest BCUT2D eigenvalue weighted by Gasteiger charge is -2.15. The van der Waals surface area contributed by atoms with E-state index >= 15 is 0 Å². The van der Waals surface area contributed by atoms with E-state index in [-0.39, 0.29) is 0 Å². The molecule has 2 rings (SSSR count). The van der Waals surface area contributed by atoms with Crippen LogP contribution in [0.25, 0.3) is 0 Å². The summed E-state index contributed by atoms with van der Waals surface area (Å²) in [6, 6.07) is 15.2. The largest absolute Gasteiger partial charge is 0.489 e. The van der Waals surface area contributed by atoms with Crippen molar-refractivity contribution >= 4 is 12.6 Å². The summed E-state index contributed by atoms with van der Waals surface area (Å²) in [4.78, 5) is 0. The van der Waals surface area contributed by atoms with Gasteiger partial charge in [-0.05, 0) is 35.0 Å². The van der Waals surface area contributed by atoms with Crippen LogP contribution in [-0.2, 0) is 6.61 Å². The van der Waals surface area contributed by atoms with Crippen LogP contribution in [0.4, 0.5) is 0 Å². The highest BCUT2D eigenvalue weighted by Crippen LogP contribution is 2.28. The molecule has 110 valence electrons. The molecule has 2 N–H and O–H groups in total. The molecular formula is C17H21BO3. The van der Waals surface area contributed by atoms with E-state index in [1.165, 1.54) is 5.56 Å². The standard InChI is InChI=1S/C17H21BO3/c1-3-13(2)16-6-4-5-7-17(16)21-12-14-8-10-15(11-9-14)18(19)20/h4-11,13,19-20H,3,12H2,1-2H3. The van der Waals surface area contributed by atoms with E-state index in [1.54, 1.807) is 12.1 Å². The zero-order valence-electron chi connectivity index (χ0n) is 12.5. The van der Waals surface area contributed by atoms with Crippen LogP contribution >= 0.6 is 0 Å². The van der Waals surface area contributed by atoms with E-state index in [0.29, 0.717) is 18.0 Å². The lowest BCUT2D eigenvalue weighted by molar-refractivity contribution is 0.301. The third-order valence-corrected chi connectivity index (χ3v) is 3.73. The molecule has 21 heavy (non-hydrogen) atoms. The zero-order valence-corrected chi connectivity index (χ0v) is 12.5. The first kappa shape index (κ1) is 15.6. The molecule has 0 saturated carbocycles. The fourth-order valence-electron chi connectivity index (χ4n) is 2.19. The molecule has 4 heteroatoms. The summed E-state index contributed by atoms with van der Waals surface area (Å²) >= 11 is 0. The first-order valence-electron chi connectivity index (χ1n) is 7.28. The molecule has 0 spiro atoms. The SMILES string of the molecule is CCC(C)c1ccccc1OCc1ccc(B(O)O)cc1. The van der Waals surface area contributed by atoms with E-state index in [2.05, 4.69) is 19.9 Å². The molecule has 0 aliphatic heterocycles. The molecule has 2 aromatic rings. The van der Waals surface area contributed by atoms with Crippen molar-refractivity contribution in [3.63, 3.8) is 0 Å². The Hall–Kier alpha value is -1.78. The molecule has 0 radical (unpaired) electrons. The predicted octanol–water partition coefficient (Wildman–Crippen LogP) is 2.46. The van der Waals surface area contributed by atoms with Crippen molar-refractivity contribution in [3.05, 3.63) is 59.7 Å². The molecule has 0 bridgehead atoms. The summed E-state index contributed by atoms with van der Waals surface area (Å²) < 4.78 is 5.92. The molecule has 0 heterocycles. The smallest absolute Gasteiger partial charge is 0.488 e. The lowest BCUT2D eigenvalue weighted by Crippen LogP contribution is -2.29. The maximum Gasteiger partial charge on any atom is 0.488 e. The van der Waals surface area contributed by atoms with E-state index in [1.807, 2.05) is 30.3 Å². The van der Waals surface area contributed by atoms with Crippen LogP contribution in [0.1, 0.15) is 37.3 Å². The maximum absolute atomic E-state index is 9.07. The Balaban J connectivity index is 2.06. The summed E-state index contributed by atoms with van der Waals surface area (Å²) in [5, 5.41) is 18.1. The molecular weight excluding hydrogens is 263 g/mol. The summed E-state index contributed by atoms with van der Waals surface area (Å²) in [6.45, 7) is 4.83. The monoisotopic (exact) mass is 284 g/mol. The molecule has 0 fully saturated rings. The second-order valence-corrected chi connectivity index (χ2v) is 5.25. The number of hydrogen-bond acceptors (Lipinski definition) is 3. The van der Waals surface area contributed by atoms with E-state index < -0.39 is 7.12 Å². The van der Waals surface area contributed by atoms with Crippen LogP contribution < -0.4 is 10.2 Å². The van der Waals surface area contributed by atoms with Gasteiger partial charge in [-0.1, -0.05) is 56.3 Å². The normalized spacial score (nSPS) is 12.0. The average Bonchev–Trinajstić information content (AvgIpc) is 2.52. The number of para-hydroxylation sites is 1. The summed E-state index contributed by atoms with van der Waals surface area (Å²) in [5.74, 6) is 1.38. The van der Waals surface area contributed by atoms with Crippen molar-refractivity contribution in [3.8, 4) is 5.75 Å². The number of benzene rings is 2. The van der Waals surface area contributed by atoms with Gasteiger partial charge in [-0.2, -0.15) is 0 Å². The van der Waals surface area contributed by atoms with Crippen LogP contribution in [0.3, 0.4) is 0 Å². The minimum absolute atomic E-state index is 0.466. The van der Waals surface area contributed by atoms with Gasteiger partial charge in [0.2, 0.25) is 0 Å². The number of rotatable bonds is 6. The van der Waals surface area contributed by atoms with Gasteiger partial charge in [0, 0.05) is 0 Å². The third-order valence-electron chi connectivity index (χ3n) is 3.73. The highest BCUT2D eigenvalue weighted by molar-refractivity contribution is 6.58. The maximum atomic E-state index is 9.07. The molecule has 0 amide bonds. The Labute approximate surface area is 126 Å². The Morgan fingerprint density at radius 3 is 2.33 bits per heavy atom. The van der Waals surface area contributed by atoms with Crippen LogP contribution in [0, 0.1) is 0 Å². The van der Waals surface area contributed by atoms with Gasteiger partial charge < -0.3 is 14.8 Å². The summed E-state index contributed by atoms with van der Waals surface area (Å²) in [5.41, 5.74) is 2.71. The Morgan fingerprint density at radius 1 is 1.05 bits per heavy atom. The predicted molar refractivity (Wildman–Crippen MR) is 85.7 cm³/mol. The minimum Gasteiger partial charge on any atom is -0.489 e. The van der Waals surface area contributed by atoms with Crippen molar-refractivity contribution < 1.29 is 14.8 Å². The number of ether oxygens (including phenoxy) is 1. The molecule has 0 aliphatic rings. The van der Waals surface area contributed by atoms with Gasteiger partial charge in [-0.3, -0.25) is 0 Å². The van der Waals surface area contributed by atoms with Crippen molar-refractivity contribution in [2.24, 2.45) is 0 Å². The second-order valence-electron chi connectivity index (χ2n) is 5.25. The van der Waals surface area contributed by atoms with Gasteiger partial charge in [0.15, 0.2) is 0 Å². The Morgan fingerprint density at radius 2 is 1.71 bits per heavy atom. The summed E-state index contributed by atoms with van der Waals surface area (Å²) in [7, 11) is -1.42. The Bertz CT molecular complexity index is 567. The molecule has 0 aromatic heterocycles. The van der Waals surface area contributed by atoms with E-state index in [9.17, 15) is 0 Å². The van der Waals surface area contributed by atoms with Crippen molar-refractivity contribution in [2.45, 2.75) is 32.8 Å². The molecule has 1 unspecified atom stereocenters. The molecule has 0 aliphatic carbocycles. The quantitative estimate of drug-likeness (QED) is 0.801.